The highest BCUT2D eigenvalue weighted by Crippen LogP contribution is 2.23. The number of nitrogens with two attached hydrogens (primary N) is 1. The molecule has 0 amide bonds. The maximum Gasteiger partial charge on any atom is 0.330 e. The molecular weight excluding hydrogens is 254 g/mol. The molecule has 0 bridgehead atoms. The Morgan fingerprint density at radius 3 is 2.88 bits per heavy atom. The van der Waals surface area contributed by atoms with E-state index in [9.17, 15) is 10.1 Å². The van der Waals surface area contributed by atoms with Gasteiger partial charge in [-0.25, -0.2) is 9.67 Å². The summed E-state index contributed by atoms with van der Waals surface area (Å²) in [5.74, 6) is 0.0227. The Kier molecular flexibility index (Phi) is 2.75. The molecule has 2 N–H and O–H groups in total. The molecule has 9 heteroatoms. The van der Waals surface area contributed by atoms with Gasteiger partial charge < -0.3 is 5.73 Å². The van der Waals surface area contributed by atoms with Gasteiger partial charge in [0.1, 0.15) is 6.20 Å². The monoisotopic (exact) mass is 259 g/mol. The van der Waals surface area contributed by atoms with E-state index < -0.39 is 4.92 Å². The van der Waals surface area contributed by atoms with E-state index in [0.29, 0.717) is 11.0 Å². The van der Waals surface area contributed by atoms with Crippen LogP contribution in [0.2, 0.25) is 4.47 Å². The molecule has 2 aromatic heterocycles. The second kappa shape index (κ2) is 4.06. The SMILES string of the molecule is Nc1c([N+](=O)[O-])cnn1Cc1cnc(Cl)s1. The fourth-order valence-corrected chi connectivity index (χ4v) is 2.12. The van der Waals surface area contributed by atoms with E-state index in [1.807, 2.05) is 0 Å². The van der Waals surface area contributed by atoms with E-state index >= 15 is 0 Å². The number of nitrogen functional groups attached to an aromatic ring is 1. The normalized spacial score (nSPS) is 10.6. The van der Waals surface area contributed by atoms with E-state index in [0.717, 1.165) is 11.1 Å². The number of nitro groups is 1. The van der Waals surface area contributed by atoms with Gasteiger partial charge in [-0.2, -0.15) is 5.10 Å². The van der Waals surface area contributed by atoms with Crippen molar-refractivity contribution in [1.82, 2.24) is 14.8 Å². The van der Waals surface area contributed by atoms with Crippen LogP contribution in [0.5, 0.6) is 0 Å². The average Bonchev–Trinajstić information content (AvgIpc) is 2.76. The molecule has 0 saturated carbocycles. The van der Waals surface area contributed by atoms with Gasteiger partial charge in [-0.3, -0.25) is 10.1 Å². The van der Waals surface area contributed by atoms with Gasteiger partial charge in [0.05, 0.1) is 11.5 Å². The molecule has 84 valence electrons. The topological polar surface area (TPSA) is 99.9 Å². The number of rotatable bonds is 3. The standard InChI is InChI=1S/C7H6ClN5O2S/c8-7-10-1-4(16-7)3-12-6(9)5(2-11-12)13(14)15/h1-2H,3,9H2. The summed E-state index contributed by atoms with van der Waals surface area (Å²) in [6.45, 7) is 0.323. The second-order valence-electron chi connectivity index (χ2n) is 2.91. The van der Waals surface area contributed by atoms with Crippen molar-refractivity contribution < 1.29 is 4.92 Å². The van der Waals surface area contributed by atoms with Crippen LogP contribution >= 0.6 is 22.9 Å². The molecule has 2 rings (SSSR count). The summed E-state index contributed by atoms with van der Waals surface area (Å²) in [5, 5.41) is 14.4. The summed E-state index contributed by atoms with van der Waals surface area (Å²) >= 11 is 6.94. The quantitative estimate of drug-likeness (QED) is 0.665. The molecule has 0 aliphatic rings. The number of thiazole rings is 1. The number of anilines is 1. The molecule has 2 heterocycles. The summed E-state index contributed by atoms with van der Waals surface area (Å²) in [7, 11) is 0. The molecule has 0 aliphatic carbocycles. The van der Waals surface area contributed by atoms with Gasteiger partial charge in [-0.05, 0) is 0 Å². The van der Waals surface area contributed by atoms with Gasteiger partial charge in [0.2, 0.25) is 5.82 Å². The Hall–Kier alpha value is -1.67. The lowest BCUT2D eigenvalue weighted by Crippen LogP contribution is -2.05. The molecule has 0 unspecified atom stereocenters. The third kappa shape index (κ3) is 1.97. The lowest BCUT2D eigenvalue weighted by molar-refractivity contribution is -0.384. The lowest BCUT2D eigenvalue weighted by atomic mass is 10.5. The zero-order valence-corrected chi connectivity index (χ0v) is 9.40. The van der Waals surface area contributed by atoms with Crippen LogP contribution in [-0.2, 0) is 6.54 Å². The zero-order valence-electron chi connectivity index (χ0n) is 7.83. The molecule has 16 heavy (non-hydrogen) atoms. The third-order valence-electron chi connectivity index (χ3n) is 1.89. The van der Waals surface area contributed by atoms with Crippen molar-refractivity contribution in [3.63, 3.8) is 0 Å². The molecule has 0 aliphatic heterocycles. The number of aromatic nitrogens is 3. The van der Waals surface area contributed by atoms with E-state index in [-0.39, 0.29) is 11.5 Å². The maximum atomic E-state index is 10.5. The first-order valence-electron chi connectivity index (χ1n) is 4.14. The summed E-state index contributed by atoms with van der Waals surface area (Å²) in [5.41, 5.74) is 5.37. The van der Waals surface area contributed by atoms with E-state index in [4.69, 9.17) is 17.3 Å². The number of nitrogens with zero attached hydrogens (tertiary/aromatic N) is 4. The van der Waals surface area contributed by atoms with Crippen molar-refractivity contribution in [1.29, 1.82) is 0 Å². The molecular formula is C7H6ClN5O2S. The van der Waals surface area contributed by atoms with Gasteiger partial charge in [-0.15, -0.1) is 11.3 Å². The molecule has 0 radical (unpaired) electrons. The van der Waals surface area contributed by atoms with Crippen molar-refractivity contribution in [2.45, 2.75) is 6.54 Å². The van der Waals surface area contributed by atoms with Crippen molar-refractivity contribution in [2.24, 2.45) is 0 Å². The summed E-state index contributed by atoms with van der Waals surface area (Å²) < 4.78 is 1.75. The first-order valence-corrected chi connectivity index (χ1v) is 5.33. The predicted octanol–water partition coefficient (Wildman–Crippen LogP) is 1.53. The van der Waals surface area contributed by atoms with Gasteiger partial charge in [0.15, 0.2) is 4.47 Å². The smallest absolute Gasteiger partial charge is 0.330 e. The molecule has 0 atom stereocenters. The average molecular weight is 260 g/mol. The molecule has 0 spiro atoms. The Morgan fingerprint density at radius 2 is 2.38 bits per heavy atom. The van der Waals surface area contributed by atoms with Crippen LogP contribution in [-0.4, -0.2) is 19.7 Å². The van der Waals surface area contributed by atoms with Gasteiger partial charge >= 0.3 is 5.69 Å². The number of hydrogen-bond acceptors (Lipinski definition) is 6. The number of halogens is 1. The Balaban J connectivity index is 2.25. The Labute approximate surface area is 98.6 Å². The fourth-order valence-electron chi connectivity index (χ4n) is 1.16. The first kappa shape index (κ1) is 10.8. The molecule has 0 saturated heterocycles. The Bertz CT molecular complexity index is 537. The number of hydrogen-bond donors (Lipinski definition) is 1. The van der Waals surface area contributed by atoms with Crippen LogP contribution < -0.4 is 5.73 Å². The van der Waals surface area contributed by atoms with Crippen LogP contribution in [0.15, 0.2) is 12.4 Å². The summed E-state index contributed by atoms with van der Waals surface area (Å²) in [6, 6.07) is 0. The van der Waals surface area contributed by atoms with E-state index in [2.05, 4.69) is 10.1 Å². The minimum atomic E-state index is -0.571. The Morgan fingerprint density at radius 1 is 1.62 bits per heavy atom. The zero-order chi connectivity index (χ0) is 11.7. The van der Waals surface area contributed by atoms with Crippen molar-refractivity contribution >= 4 is 34.4 Å². The van der Waals surface area contributed by atoms with Gasteiger partial charge in [0, 0.05) is 11.1 Å². The minimum Gasteiger partial charge on any atom is -0.378 e. The van der Waals surface area contributed by atoms with Gasteiger partial charge in [-0.1, -0.05) is 11.6 Å². The highest BCUT2D eigenvalue weighted by molar-refractivity contribution is 7.15. The third-order valence-corrected chi connectivity index (χ3v) is 2.99. The largest absolute Gasteiger partial charge is 0.378 e. The van der Waals surface area contributed by atoms with E-state index in [1.54, 1.807) is 6.20 Å². The van der Waals surface area contributed by atoms with Crippen molar-refractivity contribution in [3.8, 4) is 0 Å². The van der Waals surface area contributed by atoms with Crippen LogP contribution in [0, 0.1) is 10.1 Å². The highest BCUT2D eigenvalue weighted by atomic mass is 35.5. The van der Waals surface area contributed by atoms with Gasteiger partial charge in [0.25, 0.3) is 0 Å². The molecule has 7 nitrogen and oxygen atoms in total. The molecule has 0 aromatic carbocycles. The lowest BCUT2D eigenvalue weighted by Gasteiger charge is -1.99. The van der Waals surface area contributed by atoms with Crippen LogP contribution in [0.3, 0.4) is 0 Å². The second-order valence-corrected chi connectivity index (χ2v) is 4.61. The van der Waals surface area contributed by atoms with Crippen molar-refractivity contribution in [2.75, 3.05) is 5.73 Å². The first-order chi connectivity index (χ1) is 7.58. The maximum absolute atomic E-state index is 10.5. The summed E-state index contributed by atoms with van der Waals surface area (Å²) in [6.07, 6.45) is 2.71. The van der Waals surface area contributed by atoms with Crippen LogP contribution in [0.4, 0.5) is 11.5 Å². The highest BCUT2D eigenvalue weighted by Gasteiger charge is 2.17. The fraction of sp³-hybridized carbons (Fsp3) is 0.143. The molecule has 2 aromatic rings. The summed E-state index contributed by atoms with van der Waals surface area (Å²) in [4.78, 5) is 14.6. The predicted molar refractivity (Wildman–Crippen MR) is 59.5 cm³/mol. The van der Waals surface area contributed by atoms with Crippen LogP contribution in [0.1, 0.15) is 4.88 Å². The molecule has 0 fully saturated rings. The van der Waals surface area contributed by atoms with E-state index in [1.165, 1.54) is 16.0 Å². The van der Waals surface area contributed by atoms with Crippen molar-refractivity contribution in [3.05, 3.63) is 31.9 Å². The van der Waals surface area contributed by atoms with Crippen LogP contribution in [0.25, 0.3) is 0 Å². The minimum absolute atomic E-state index is 0.0227.